The Morgan fingerprint density at radius 3 is 2.59 bits per heavy atom. The molecule has 2 rings (SSSR count). The molecule has 0 saturated heterocycles. The van der Waals surface area contributed by atoms with Gasteiger partial charge in [0.05, 0.1) is 6.10 Å². The highest BCUT2D eigenvalue weighted by atomic mass is 16.5. The zero-order valence-electron chi connectivity index (χ0n) is 10.1. The van der Waals surface area contributed by atoms with Gasteiger partial charge in [-0.2, -0.15) is 0 Å². The molecule has 1 aliphatic carbocycles. The second-order valence-corrected chi connectivity index (χ2v) is 4.29. The topological polar surface area (TPSA) is 78.2 Å². The molecule has 0 aromatic carbocycles. The minimum Gasteiger partial charge on any atom is -0.381 e. The summed E-state index contributed by atoms with van der Waals surface area (Å²) in [5.74, 6) is 0.217. The normalized spacial score (nSPS) is 23.2. The molecule has 1 aliphatic rings. The number of nitrogens with one attached hydrogen (secondary N) is 1. The summed E-state index contributed by atoms with van der Waals surface area (Å²) in [7, 11) is 4.63. The van der Waals surface area contributed by atoms with E-state index < -0.39 is 11.2 Å². The Morgan fingerprint density at radius 1 is 1.35 bits per heavy atom. The summed E-state index contributed by atoms with van der Waals surface area (Å²) in [6.45, 7) is 0. The highest BCUT2D eigenvalue weighted by Crippen LogP contribution is 2.24. The van der Waals surface area contributed by atoms with Crippen LogP contribution >= 0.6 is 0 Å². The van der Waals surface area contributed by atoms with Gasteiger partial charge in [0.25, 0.3) is 5.56 Å². The van der Waals surface area contributed by atoms with E-state index in [-0.39, 0.29) is 18.0 Å². The Morgan fingerprint density at radius 2 is 2.00 bits per heavy atom. The van der Waals surface area contributed by atoms with E-state index in [1.807, 2.05) is 0 Å². The van der Waals surface area contributed by atoms with E-state index in [1.165, 1.54) is 14.1 Å². The number of hydrogen-bond acceptors (Lipinski definition) is 5. The number of hydrogen-bond donors (Lipinski definition) is 1. The van der Waals surface area contributed by atoms with Crippen LogP contribution in [0.25, 0.3) is 0 Å². The molecular formula is C10H16N4O3. The van der Waals surface area contributed by atoms with Gasteiger partial charge < -0.3 is 10.1 Å². The van der Waals surface area contributed by atoms with Gasteiger partial charge in [-0.05, 0) is 12.8 Å². The Labute approximate surface area is 98.0 Å². The van der Waals surface area contributed by atoms with E-state index in [4.69, 9.17) is 4.74 Å². The molecule has 1 aromatic rings. The van der Waals surface area contributed by atoms with Crippen molar-refractivity contribution in [3.63, 3.8) is 0 Å². The summed E-state index contributed by atoms with van der Waals surface area (Å²) in [4.78, 5) is 23.2. The standard InChI is InChI=1S/C10H16N4O3/c1-13-9(15)8(12-14(2)10(13)16)11-6-4-7(5-6)17-3/h6-7H,4-5H2,1-3H3,(H,11,12). The maximum atomic E-state index is 11.8. The molecule has 1 N–H and O–H groups in total. The van der Waals surface area contributed by atoms with Crippen molar-refractivity contribution in [2.75, 3.05) is 12.4 Å². The summed E-state index contributed by atoms with van der Waals surface area (Å²) < 4.78 is 7.34. The minimum absolute atomic E-state index is 0.192. The first-order valence-electron chi connectivity index (χ1n) is 5.46. The van der Waals surface area contributed by atoms with Crippen LogP contribution in [0, 0.1) is 0 Å². The maximum absolute atomic E-state index is 11.8. The third kappa shape index (κ3) is 2.10. The summed E-state index contributed by atoms with van der Waals surface area (Å²) in [5.41, 5.74) is -0.821. The van der Waals surface area contributed by atoms with Gasteiger partial charge in [-0.3, -0.25) is 9.36 Å². The molecule has 1 heterocycles. The van der Waals surface area contributed by atoms with Crippen molar-refractivity contribution >= 4 is 5.82 Å². The molecule has 0 atom stereocenters. The molecule has 7 nitrogen and oxygen atoms in total. The van der Waals surface area contributed by atoms with Gasteiger partial charge in [0.2, 0.25) is 5.82 Å². The van der Waals surface area contributed by atoms with E-state index in [9.17, 15) is 9.59 Å². The molecular weight excluding hydrogens is 224 g/mol. The Hall–Kier alpha value is -1.63. The predicted octanol–water partition coefficient (Wildman–Crippen LogP) is -0.932. The van der Waals surface area contributed by atoms with E-state index in [0.29, 0.717) is 0 Å². The first kappa shape index (κ1) is 11.8. The summed E-state index contributed by atoms with van der Waals surface area (Å²) in [5, 5.41) is 6.96. The molecule has 0 spiro atoms. The largest absolute Gasteiger partial charge is 0.381 e. The summed E-state index contributed by atoms with van der Waals surface area (Å²) in [6.07, 6.45) is 1.96. The van der Waals surface area contributed by atoms with Crippen molar-refractivity contribution in [1.82, 2.24) is 14.3 Å². The molecule has 0 unspecified atom stereocenters. The van der Waals surface area contributed by atoms with Gasteiger partial charge in [-0.15, -0.1) is 5.10 Å². The van der Waals surface area contributed by atoms with Crippen molar-refractivity contribution < 1.29 is 4.74 Å². The predicted molar refractivity (Wildman–Crippen MR) is 62.2 cm³/mol. The van der Waals surface area contributed by atoms with Gasteiger partial charge in [-0.25, -0.2) is 9.48 Å². The second kappa shape index (κ2) is 4.33. The van der Waals surface area contributed by atoms with Crippen LogP contribution in [0.2, 0.25) is 0 Å². The average Bonchev–Trinajstić information content (AvgIpc) is 2.26. The lowest BCUT2D eigenvalue weighted by atomic mass is 9.89. The van der Waals surface area contributed by atoms with Crippen molar-refractivity contribution in [3.05, 3.63) is 20.8 Å². The monoisotopic (exact) mass is 240 g/mol. The zero-order valence-corrected chi connectivity index (χ0v) is 10.1. The number of nitrogens with zero attached hydrogens (tertiary/aromatic N) is 3. The smallest absolute Gasteiger partial charge is 0.346 e. The number of aryl methyl sites for hydroxylation is 1. The molecule has 0 bridgehead atoms. The lowest BCUT2D eigenvalue weighted by molar-refractivity contribution is 0.0327. The minimum atomic E-state index is -0.427. The van der Waals surface area contributed by atoms with Gasteiger partial charge in [0.15, 0.2) is 0 Å². The number of aromatic nitrogens is 3. The maximum Gasteiger partial charge on any atom is 0.346 e. The number of methoxy groups -OCH3 is 1. The Balaban J connectivity index is 2.18. The molecule has 1 aromatic heterocycles. The molecule has 0 amide bonds. The third-order valence-electron chi connectivity index (χ3n) is 3.09. The van der Waals surface area contributed by atoms with Crippen LogP contribution in [0.4, 0.5) is 5.82 Å². The summed E-state index contributed by atoms with van der Waals surface area (Å²) >= 11 is 0. The van der Waals surface area contributed by atoms with Crippen LogP contribution in [-0.2, 0) is 18.8 Å². The second-order valence-electron chi connectivity index (χ2n) is 4.29. The fourth-order valence-corrected chi connectivity index (χ4v) is 1.86. The van der Waals surface area contributed by atoms with Crippen molar-refractivity contribution in [3.8, 4) is 0 Å². The van der Waals surface area contributed by atoms with Crippen molar-refractivity contribution in [2.24, 2.45) is 14.1 Å². The quantitative estimate of drug-likeness (QED) is 0.738. The van der Waals surface area contributed by atoms with Gasteiger partial charge >= 0.3 is 5.69 Å². The highest BCUT2D eigenvalue weighted by molar-refractivity contribution is 5.32. The Kier molecular flexibility index (Phi) is 3.01. The van der Waals surface area contributed by atoms with Crippen LogP contribution in [0.1, 0.15) is 12.8 Å². The van der Waals surface area contributed by atoms with Crippen molar-refractivity contribution in [1.29, 1.82) is 0 Å². The Bertz CT molecular complexity index is 527. The molecule has 1 fully saturated rings. The molecule has 7 heteroatoms. The first-order valence-corrected chi connectivity index (χ1v) is 5.46. The van der Waals surface area contributed by atoms with Gasteiger partial charge in [0.1, 0.15) is 0 Å². The van der Waals surface area contributed by atoms with Crippen molar-refractivity contribution in [2.45, 2.75) is 25.0 Å². The molecule has 17 heavy (non-hydrogen) atoms. The van der Waals surface area contributed by atoms with Crippen LogP contribution in [0.3, 0.4) is 0 Å². The van der Waals surface area contributed by atoms with Crippen LogP contribution < -0.4 is 16.6 Å². The number of anilines is 1. The number of ether oxygens (including phenoxy) is 1. The first-order chi connectivity index (χ1) is 8.02. The van der Waals surface area contributed by atoms with Crippen LogP contribution in [0.15, 0.2) is 9.59 Å². The lowest BCUT2D eigenvalue weighted by Gasteiger charge is -2.34. The van der Waals surface area contributed by atoms with Gasteiger partial charge in [-0.1, -0.05) is 0 Å². The van der Waals surface area contributed by atoms with E-state index >= 15 is 0 Å². The number of rotatable bonds is 3. The van der Waals surface area contributed by atoms with Gasteiger partial charge in [0, 0.05) is 27.2 Å². The van der Waals surface area contributed by atoms with Crippen LogP contribution in [-0.4, -0.2) is 33.6 Å². The highest BCUT2D eigenvalue weighted by Gasteiger charge is 2.30. The molecule has 1 saturated carbocycles. The molecule has 0 radical (unpaired) electrons. The zero-order chi connectivity index (χ0) is 12.6. The molecule has 0 aliphatic heterocycles. The third-order valence-corrected chi connectivity index (χ3v) is 3.09. The fraction of sp³-hybridized carbons (Fsp3) is 0.700. The lowest BCUT2D eigenvalue weighted by Crippen LogP contribution is -2.45. The summed E-state index contributed by atoms with van der Waals surface area (Å²) in [6, 6.07) is 0.192. The average molecular weight is 240 g/mol. The van der Waals surface area contributed by atoms with E-state index in [2.05, 4.69) is 10.4 Å². The van der Waals surface area contributed by atoms with Crippen LogP contribution in [0.5, 0.6) is 0 Å². The molecule has 94 valence electrons. The SMILES string of the molecule is COC1CC(Nc2nn(C)c(=O)n(C)c2=O)C1. The van der Waals surface area contributed by atoms with E-state index in [1.54, 1.807) is 7.11 Å². The van der Waals surface area contributed by atoms with E-state index in [0.717, 1.165) is 22.1 Å². The fourth-order valence-electron chi connectivity index (χ4n) is 1.86.